The molecule has 4 rings (SSSR count). The van der Waals surface area contributed by atoms with Crippen LogP contribution in [0, 0.1) is 0 Å². The lowest BCUT2D eigenvalue weighted by Crippen LogP contribution is -2.39. The van der Waals surface area contributed by atoms with Gasteiger partial charge in [0, 0.05) is 36.8 Å². The van der Waals surface area contributed by atoms with Crippen molar-refractivity contribution in [3.63, 3.8) is 0 Å². The molecule has 2 aromatic carbocycles. The van der Waals surface area contributed by atoms with Gasteiger partial charge >= 0.3 is 6.09 Å². The maximum Gasteiger partial charge on any atom is 0.410 e. The van der Waals surface area contributed by atoms with Crippen LogP contribution >= 0.6 is 0 Å². The first-order valence-corrected chi connectivity index (χ1v) is 12.2. The van der Waals surface area contributed by atoms with Gasteiger partial charge in [0.15, 0.2) is 0 Å². The van der Waals surface area contributed by atoms with E-state index in [1.54, 1.807) is 9.47 Å². The number of likely N-dealkylation sites (N-methyl/N-ethyl adjacent to an activating group) is 1. The average Bonchev–Trinajstić information content (AvgIpc) is 3.19. The molecule has 35 heavy (non-hydrogen) atoms. The van der Waals surface area contributed by atoms with Crippen molar-refractivity contribution < 1.29 is 14.3 Å². The molecule has 0 spiro atoms. The lowest BCUT2D eigenvalue weighted by Gasteiger charge is -2.29. The van der Waals surface area contributed by atoms with Crippen LogP contribution in [0.25, 0.3) is 16.5 Å². The molecule has 0 bridgehead atoms. The summed E-state index contributed by atoms with van der Waals surface area (Å²) >= 11 is 0. The summed E-state index contributed by atoms with van der Waals surface area (Å²) in [4.78, 5) is 29.6. The van der Waals surface area contributed by atoms with Gasteiger partial charge in [0.05, 0.1) is 5.52 Å². The molecular formula is C29H35N3O3. The second-order valence-electron chi connectivity index (χ2n) is 10.4. The number of nitrogens with zero attached hydrogens (tertiary/aromatic N) is 3. The second-order valence-corrected chi connectivity index (χ2v) is 10.4. The summed E-state index contributed by atoms with van der Waals surface area (Å²) in [5, 5.41) is 1.10. The van der Waals surface area contributed by atoms with E-state index in [0.717, 1.165) is 41.4 Å². The number of fused-ring (bicyclic) bond motifs is 1. The molecule has 0 saturated heterocycles. The van der Waals surface area contributed by atoms with E-state index in [9.17, 15) is 9.59 Å². The summed E-state index contributed by atoms with van der Waals surface area (Å²) in [5.74, 6) is -0.0238. The highest BCUT2D eigenvalue weighted by atomic mass is 16.6. The molecule has 3 aromatic rings. The second kappa shape index (κ2) is 10.1. The number of aromatic nitrogens is 1. The van der Waals surface area contributed by atoms with Crippen LogP contribution in [0.2, 0.25) is 0 Å². The first-order valence-electron chi connectivity index (χ1n) is 12.2. The molecule has 6 nitrogen and oxygen atoms in total. The van der Waals surface area contributed by atoms with Crippen molar-refractivity contribution in [2.24, 2.45) is 0 Å². The number of amides is 1. The predicted octanol–water partition coefficient (Wildman–Crippen LogP) is 5.46. The predicted molar refractivity (Wildman–Crippen MR) is 141 cm³/mol. The van der Waals surface area contributed by atoms with Crippen molar-refractivity contribution in [3.8, 4) is 0 Å². The van der Waals surface area contributed by atoms with Crippen molar-refractivity contribution in [1.29, 1.82) is 0 Å². The van der Waals surface area contributed by atoms with E-state index in [0.29, 0.717) is 18.7 Å². The normalized spacial score (nSPS) is 14.3. The fraction of sp³-hybridized carbons (Fsp3) is 0.379. The van der Waals surface area contributed by atoms with E-state index in [-0.39, 0.29) is 12.0 Å². The highest BCUT2D eigenvalue weighted by Crippen LogP contribution is 2.30. The highest BCUT2D eigenvalue weighted by Gasteiger charge is 2.24. The van der Waals surface area contributed by atoms with Crippen molar-refractivity contribution >= 4 is 28.5 Å². The summed E-state index contributed by atoms with van der Waals surface area (Å²) < 4.78 is 7.30. The third-order valence-corrected chi connectivity index (χ3v) is 6.19. The van der Waals surface area contributed by atoms with Gasteiger partial charge in [-0.25, -0.2) is 4.79 Å². The van der Waals surface area contributed by atoms with Crippen molar-refractivity contribution in [2.45, 2.75) is 39.2 Å². The Balaban J connectivity index is 1.64. The highest BCUT2D eigenvalue weighted by molar-refractivity contribution is 6.03. The zero-order valence-electron chi connectivity index (χ0n) is 21.4. The summed E-state index contributed by atoms with van der Waals surface area (Å²) in [6.45, 7) is 7.70. The molecule has 6 heteroatoms. The van der Waals surface area contributed by atoms with Crippen molar-refractivity contribution in [1.82, 2.24) is 14.4 Å². The molecule has 0 radical (unpaired) electrons. The number of benzene rings is 2. The Labute approximate surface area is 207 Å². The first-order chi connectivity index (χ1) is 16.6. The van der Waals surface area contributed by atoms with E-state index in [1.807, 2.05) is 63.4 Å². The number of ether oxygens (including phenoxy) is 1. The topological polar surface area (TPSA) is 54.8 Å². The summed E-state index contributed by atoms with van der Waals surface area (Å²) in [6, 6.07) is 15.7. The third-order valence-electron chi connectivity index (χ3n) is 6.19. The molecule has 1 aliphatic heterocycles. The van der Waals surface area contributed by atoms with Crippen LogP contribution in [-0.2, 0) is 11.2 Å². The fourth-order valence-corrected chi connectivity index (χ4v) is 4.35. The van der Waals surface area contributed by atoms with Crippen LogP contribution < -0.4 is 0 Å². The molecule has 1 aliphatic rings. The molecular weight excluding hydrogens is 438 g/mol. The molecule has 1 amide bonds. The number of carbonyl (C=O) groups is 2. The van der Waals surface area contributed by atoms with Crippen LogP contribution in [0.4, 0.5) is 4.79 Å². The van der Waals surface area contributed by atoms with Gasteiger partial charge in [-0.05, 0) is 88.7 Å². The summed E-state index contributed by atoms with van der Waals surface area (Å²) in [5.41, 5.74) is 4.60. The Morgan fingerprint density at radius 3 is 2.43 bits per heavy atom. The molecule has 0 atom stereocenters. The van der Waals surface area contributed by atoms with Gasteiger partial charge in [0.1, 0.15) is 5.60 Å². The van der Waals surface area contributed by atoms with Crippen LogP contribution in [-0.4, -0.2) is 65.7 Å². The quantitative estimate of drug-likeness (QED) is 0.494. The molecule has 0 aliphatic carbocycles. The van der Waals surface area contributed by atoms with Gasteiger partial charge in [-0.15, -0.1) is 0 Å². The van der Waals surface area contributed by atoms with Crippen LogP contribution in [0.5, 0.6) is 0 Å². The molecule has 0 N–H and O–H groups in total. The Morgan fingerprint density at radius 1 is 1.06 bits per heavy atom. The number of rotatable bonds is 5. The molecule has 184 valence electrons. The molecule has 0 saturated carbocycles. The minimum atomic E-state index is -0.501. The van der Waals surface area contributed by atoms with Crippen LogP contribution in [0.1, 0.15) is 48.7 Å². The van der Waals surface area contributed by atoms with E-state index in [2.05, 4.69) is 37.2 Å². The minimum absolute atomic E-state index is 0.0238. The van der Waals surface area contributed by atoms with E-state index < -0.39 is 5.60 Å². The van der Waals surface area contributed by atoms with Crippen molar-refractivity contribution in [2.75, 3.05) is 33.7 Å². The molecule has 0 unspecified atom stereocenters. The summed E-state index contributed by atoms with van der Waals surface area (Å²) in [7, 11) is 4.12. The minimum Gasteiger partial charge on any atom is -0.444 e. The zero-order valence-corrected chi connectivity index (χ0v) is 21.4. The third kappa shape index (κ3) is 5.82. The summed E-state index contributed by atoms with van der Waals surface area (Å²) in [6.07, 6.45) is 5.45. The number of hydrogen-bond acceptors (Lipinski definition) is 4. The first kappa shape index (κ1) is 24.7. The molecule has 0 fully saturated rings. The fourth-order valence-electron chi connectivity index (χ4n) is 4.35. The maximum absolute atomic E-state index is 13.3. The largest absolute Gasteiger partial charge is 0.444 e. The van der Waals surface area contributed by atoms with Gasteiger partial charge in [-0.1, -0.05) is 30.3 Å². The van der Waals surface area contributed by atoms with Crippen LogP contribution in [0.15, 0.2) is 60.8 Å². The Hall–Kier alpha value is -3.38. The standard InChI is InChI=1S/C29H35N3O3/c1-29(2,3)35-28(34)31-17-14-21(15-18-31)23-11-12-26-25(19-23)24(13-16-30(4)5)20-32(26)27(33)22-9-7-6-8-10-22/h6-12,14,19-20H,13,15-18H2,1-5H3. The Morgan fingerprint density at radius 2 is 1.80 bits per heavy atom. The monoisotopic (exact) mass is 473 g/mol. The smallest absolute Gasteiger partial charge is 0.410 e. The van der Waals surface area contributed by atoms with Gasteiger partial charge in [-0.3, -0.25) is 9.36 Å². The number of carbonyl (C=O) groups excluding carboxylic acids is 2. The van der Waals surface area contributed by atoms with E-state index in [4.69, 9.17) is 4.74 Å². The lowest BCUT2D eigenvalue weighted by atomic mass is 9.97. The van der Waals surface area contributed by atoms with Crippen LogP contribution in [0.3, 0.4) is 0 Å². The maximum atomic E-state index is 13.3. The SMILES string of the molecule is CN(C)CCc1cn(C(=O)c2ccccc2)c2ccc(C3=CCN(C(=O)OC(C)(C)C)CC3)cc12. The van der Waals surface area contributed by atoms with E-state index >= 15 is 0 Å². The number of hydrogen-bond donors (Lipinski definition) is 0. The lowest BCUT2D eigenvalue weighted by molar-refractivity contribution is 0.0270. The van der Waals surface area contributed by atoms with E-state index in [1.165, 1.54) is 5.57 Å². The van der Waals surface area contributed by atoms with Gasteiger partial charge in [0.2, 0.25) is 0 Å². The Bertz CT molecular complexity index is 1250. The van der Waals surface area contributed by atoms with Gasteiger partial charge in [-0.2, -0.15) is 0 Å². The average molecular weight is 474 g/mol. The van der Waals surface area contributed by atoms with Gasteiger partial charge in [0.25, 0.3) is 5.91 Å². The zero-order chi connectivity index (χ0) is 25.2. The molecule has 2 heterocycles. The Kier molecular flexibility index (Phi) is 7.13. The van der Waals surface area contributed by atoms with Gasteiger partial charge < -0.3 is 14.5 Å². The van der Waals surface area contributed by atoms with Crippen molar-refractivity contribution in [3.05, 3.63) is 77.5 Å². The molecule has 1 aromatic heterocycles.